The summed E-state index contributed by atoms with van der Waals surface area (Å²) in [5.41, 5.74) is 4.80. The minimum Gasteiger partial charge on any atom is -0.481 e. The number of hydrogen-bond acceptors (Lipinski definition) is 2. The molecule has 1 atom stereocenters. The summed E-state index contributed by atoms with van der Waals surface area (Å²) in [6, 6.07) is 9.65. The number of benzene rings is 2. The molecular weight excluding hydrogens is 310 g/mol. The van der Waals surface area contributed by atoms with Crippen molar-refractivity contribution in [3.05, 3.63) is 57.6 Å². The van der Waals surface area contributed by atoms with Crippen molar-refractivity contribution in [1.29, 1.82) is 0 Å². The highest BCUT2D eigenvalue weighted by Crippen LogP contribution is 2.26. The Kier molecular flexibility index (Phi) is 5.32. The second-order valence-corrected chi connectivity index (χ2v) is 6.32. The number of carbonyl (C=O) groups is 1. The summed E-state index contributed by atoms with van der Waals surface area (Å²) in [7, 11) is 0. The zero-order valence-corrected chi connectivity index (χ0v) is 14.9. The molecule has 0 aliphatic carbocycles. The lowest BCUT2D eigenvalue weighted by Crippen LogP contribution is -2.30. The van der Waals surface area contributed by atoms with Crippen molar-refractivity contribution in [3.63, 3.8) is 0 Å². The number of anilines is 1. The average Bonchev–Trinajstić information content (AvgIpc) is 2.48. The third-order valence-electron chi connectivity index (χ3n) is 3.74. The Morgan fingerprint density at radius 1 is 1.04 bits per heavy atom. The lowest BCUT2D eigenvalue weighted by molar-refractivity contribution is -0.122. The van der Waals surface area contributed by atoms with Gasteiger partial charge in [0.1, 0.15) is 5.75 Å². The third-order valence-corrected chi connectivity index (χ3v) is 4.34. The summed E-state index contributed by atoms with van der Waals surface area (Å²) >= 11 is 6.15. The van der Waals surface area contributed by atoms with Gasteiger partial charge in [0.15, 0.2) is 6.10 Å². The number of ether oxygens (including phenoxy) is 1. The molecule has 0 heterocycles. The van der Waals surface area contributed by atoms with Gasteiger partial charge in [0.2, 0.25) is 0 Å². The molecule has 4 heteroatoms. The number of carbonyl (C=O) groups excluding carboxylic acids is 1. The summed E-state index contributed by atoms with van der Waals surface area (Å²) in [5, 5.41) is 3.65. The van der Waals surface area contributed by atoms with Gasteiger partial charge in [0.05, 0.1) is 0 Å². The van der Waals surface area contributed by atoms with Gasteiger partial charge in [-0.2, -0.15) is 0 Å². The molecule has 2 rings (SSSR count). The van der Waals surface area contributed by atoms with Gasteiger partial charge < -0.3 is 10.1 Å². The minimum atomic E-state index is -0.602. The summed E-state index contributed by atoms with van der Waals surface area (Å²) in [5.74, 6) is 0.469. The van der Waals surface area contributed by atoms with Crippen molar-refractivity contribution in [2.45, 2.75) is 40.7 Å². The van der Waals surface area contributed by atoms with Crippen LogP contribution in [0.1, 0.15) is 29.2 Å². The van der Waals surface area contributed by atoms with Crippen molar-refractivity contribution in [3.8, 4) is 5.75 Å². The number of amides is 1. The first-order valence-electron chi connectivity index (χ1n) is 7.59. The Hall–Kier alpha value is -2.00. The molecule has 0 aliphatic rings. The molecule has 0 saturated carbocycles. The number of hydrogen-bond donors (Lipinski definition) is 1. The lowest BCUT2D eigenvalue weighted by atomic mass is 10.1. The Labute approximate surface area is 142 Å². The van der Waals surface area contributed by atoms with E-state index in [1.165, 1.54) is 0 Å². The minimum absolute atomic E-state index is 0.177. The molecule has 0 spiro atoms. The van der Waals surface area contributed by atoms with E-state index in [-0.39, 0.29) is 5.91 Å². The topological polar surface area (TPSA) is 38.3 Å². The Morgan fingerprint density at radius 2 is 1.65 bits per heavy atom. The first-order chi connectivity index (χ1) is 10.8. The molecule has 0 fully saturated rings. The Balaban J connectivity index is 2.10. The van der Waals surface area contributed by atoms with Gasteiger partial charge >= 0.3 is 0 Å². The molecule has 0 unspecified atom stereocenters. The smallest absolute Gasteiger partial charge is 0.265 e. The molecule has 0 radical (unpaired) electrons. The first kappa shape index (κ1) is 17.4. The molecule has 0 aromatic heterocycles. The zero-order valence-electron chi connectivity index (χ0n) is 14.2. The number of nitrogens with one attached hydrogen (secondary N) is 1. The van der Waals surface area contributed by atoms with Gasteiger partial charge in [-0.1, -0.05) is 23.7 Å². The van der Waals surface area contributed by atoms with Gasteiger partial charge in [0, 0.05) is 10.7 Å². The maximum Gasteiger partial charge on any atom is 0.265 e. The molecule has 122 valence electrons. The predicted octanol–water partition coefficient (Wildman–Crippen LogP) is 4.98. The van der Waals surface area contributed by atoms with Crippen LogP contribution in [0.15, 0.2) is 30.3 Å². The molecule has 1 amide bonds. The highest BCUT2D eigenvalue weighted by molar-refractivity contribution is 6.32. The van der Waals surface area contributed by atoms with Crippen LogP contribution in [0, 0.1) is 27.7 Å². The normalized spacial score (nSPS) is 11.9. The molecule has 2 aromatic carbocycles. The predicted molar refractivity (Wildman–Crippen MR) is 95.6 cm³/mol. The van der Waals surface area contributed by atoms with Crippen LogP contribution in [-0.4, -0.2) is 12.0 Å². The van der Waals surface area contributed by atoms with E-state index in [2.05, 4.69) is 5.32 Å². The molecule has 1 N–H and O–H groups in total. The first-order valence-corrected chi connectivity index (χ1v) is 7.97. The lowest BCUT2D eigenvalue weighted by Gasteiger charge is -2.17. The molecule has 23 heavy (non-hydrogen) atoms. The van der Waals surface area contributed by atoms with Gasteiger partial charge in [0.25, 0.3) is 5.91 Å². The van der Waals surface area contributed by atoms with E-state index in [1.54, 1.807) is 6.92 Å². The zero-order chi connectivity index (χ0) is 17.1. The van der Waals surface area contributed by atoms with Crippen molar-refractivity contribution < 1.29 is 9.53 Å². The number of rotatable bonds is 4. The summed E-state index contributed by atoms with van der Waals surface area (Å²) < 4.78 is 5.76. The van der Waals surface area contributed by atoms with Crippen LogP contribution in [0.4, 0.5) is 5.69 Å². The largest absolute Gasteiger partial charge is 0.481 e. The highest BCUT2D eigenvalue weighted by atomic mass is 35.5. The third kappa shape index (κ3) is 4.26. The maximum atomic E-state index is 12.4. The van der Waals surface area contributed by atoms with Crippen LogP contribution in [-0.2, 0) is 4.79 Å². The van der Waals surface area contributed by atoms with Crippen LogP contribution in [0.5, 0.6) is 5.75 Å². The van der Waals surface area contributed by atoms with E-state index < -0.39 is 6.10 Å². The average molecular weight is 332 g/mol. The highest BCUT2D eigenvalue weighted by Gasteiger charge is 2.16. The monoisotopic (exact) mass is 331 g/mol. The molecule has 3 nitrogen and oxygen atoms in total. The van der Waals surface area contributed by atoms with E-state index >= 15 is 0 Å². The van der Waals surface area contributed by atoms with Gasteiger partial charge in [-0.25, -0.2) is 0 Å². The Morgan fingerprint density at radius 3 is 2.26 bits per heavy atom. The summed E-state index contributed by atoms with van der Waals surface area (Å²) in [6.45, 7) is 9.53. The van der Waals surface area contributed by atoms with Gasteiger partial charge in [-0.3, -0.25) is 4.79 Å². The fraction of sp³-hybridized carbons (Fsp3) is 0.316. The molecule has 2 aromatic rings. The maximum absolute atomic E-state index is 12.4. The van der Waals surface area contributed by atoms with Crippen molar-refractivity contribution >= 4 is 23.2 Å². The molecule has 0 saturated heterocycles. The fourth-order valence-corrected chi connectivity index (χ4v) is 2.45. The second-order valence-electron chi connectivity index (χ2n) is 5.94. The van der Waals surface area contributed by atoms with Crippen LogP contribution in [0.2, 0.25) is 5.02 Å². The van der Waals surface area contributed by atoms with Crippen LogP contribution in [0.3, 0.4) is 0 Å². The van der Waals surface area contributed by atoms with Crippen LogP contribution < -0.4 is 10.1 Å². The second kappa shape index (κ2) is 7.05. The van der Waals surface area contributed by atoms with Gasteiger partial charge in [-0.15, -0.1) is 0 Å². The fourth-order valence-electron chi connectivity index (χ4n) is 2.34. The van der Waals surface area contributed by atoms with Crippen molar-refractivity contribution in [2.75, 3.05) is 5.32 Å². The molecule has 0 aliphatic heterocycles. The Bertz CT molecular complexity index is 717. The number of aryl methyl sites for hydroxylation is 4. The summed E-state index contributed by atoms with van der Waals surface area (Å²) in [4.78, 5) is 12.4. The summed E-state index contributed by atoms with van der Waals surface area (Å²) in [6.07, 6.45) is -0.602. The SMILES string of the molecule is Cc1ccc(C)c(NC(=O)[C@@H](C)Oc2cc(C)c(Cl)c(C)c2)c1. The molecule has 0 bridgehead atoms. The van der Waals surface area contributed by atoms with Crippen molar-refractivity contribution in [1.82, 2.24) is 0 Å². The van der Waals surface area contributed by atoms with E-state index in [1.807, 2.05) is 58.0 Å². The number of halogens is 1. The van der Waals surface area contributed by atoms with E-state index in [0.717, 1.165) is 33.0 Å². The van der Waals surface area contributed by atoms with E-state index in [0.29, 0.717) is 5.75 Å². The van der Waals surface area contributed by atoms with Gasteiger partial charge in [-0.05, 0) is 75.1 Å². The quantitative estimate of drug-likeness (QED) is 0.858. The van der Waals surface area contributed by atoms with E-state index in [4.69, 9.17) is 16.3 Å². The van der Waals surface area contributed by atoms with Crippen LogP contribution in [0.25, 0.3) is 0 Å². The molecular formula is C19H22ClNO2. The standard InChI is InChI=1S/C19H22ClNO2/c1-11-6-7-12(2)17(8-11)21-19(22)15(5)23-16-9-13(3)18(20)14(4)10-16/h6-10,15H,1-5H3,(H,21,22)/t15-/m1/s1. The van der Waals surface area contributed by atoms with Crippen LogP contribution >= 0.6 is 11.6 Å². The van der Waals surface area contributed by atoms with Crippen molar-refractivity contribution in [2.24, 2.45) is 0 Å². The van der Waals surface area contributed by atoms with E-state index in [9.17, 15) is 4.79 Å².